The summed E-state index contributed by atoms with van der Waals surface area (Å²) in [4.78, 5) is 119. The summed E-state index contributed by atoms with van der Waals surface area (Å²) >= 11 is 0. The van der Waals surface area contributed by atoms with Gasteiger partial charge in [-0.3, -0.25) is 38.5 Å². The Kier molecular flexibility index (Phi) is 21.3. The molecule has 4 atom stereocenters. The highest BCUT2D eigenvalue weighted by atomic mass is 19.1. The average molecular weight is 1060 g/mol. The zero-order valence-electron chi connectivity index (χ0n) is 43.5. The van der Waals surface area contributed by atoms with Crippen molar-refractivity contribution in [3.05, 3.63) is 95.8 Å². The maximum absolute atomic E-state index is 15.2. The molecule has 0 saturated carbocycles. The topological polar surface area (TPSA) is 298 Å². The summed E-state index contributed by atoms with van der Waals surface area (Å²) in [5.41, 5.74) is 12.6. The number of piperidine rings is 1. The van der Waals surface area contributed by atoms with Gasteiger partial charge in [-0.05, 0) is 60.4 Å². The number of aliphatic hydroxyl groups excluding tert-OH is 1. The molecule has 0 aliphatic carbocycles. The predicted octanol–water partition coefficient (Wildman–Crippen LogP) is 2.15. The number of ether oxygens (including phenoxy) is 1. The molecule has 0 radical (unpaired) electrons. The number of likely N-dealkylation sites (tertiary alicyclic amines) is 1. The largest absolute Gasteiger partial charge is 0.461 e. The van der Waals surface area contributed by atoms with E-state index in [4.69, 9.17) is 16.2 Å². The van der Waals surface area contributed by atoms with Crippen molar-refractivity contribution in [2.75, 3.05) is 45.9 Å². The number of carbonyl (C=O) groups excluding carboxylic acids is 9. The molecular formula is C53H70F2N10O11. The van der Waals surface area contributed by atoms with Crippen LogP contribution in [0.4, 0.5) is 13.6 Å². The third kappa shape index (κ3) is 16.7. The molecule has 23 heteroatoms. The molecule has 1 saturated heterocycles. The van der Waals surface area contributed by atoms with Crippen molar-refractivity contribution in [3.8, 4) is 11.1 Å². The van der Waals surface area contributed by atoms with Crippen molar-refractivity contribution >= 4 is 53.4 Å². The second kappa shape index (κ2) is 27.3. The van der Waals surface area contributed by atoms with Crippen molar-refractivity contribution in [1.82, 2.24) is 40.5 Å². The van der Waals surface area contributed by atoms with E-state index in [2.05, 4.69) is 21.3 Å². The fourth-order valence-corrected chi connectivity index (χ4v) is 9.04. The van der Waals surface area contributed by atoms with Crippen LogP contribution in [0.3, 0.4) is 0 Å². The molecular weight excluding hydrogens is 991 g/mol. The number of rotatable bonds is 25. The van der Waals surface area contributed by atoms with Gasteiger partial charge in [-0.2, -0.15) is 0 Å². The van der Waals surface area contributed by atoms with E-state index in [9.17, 15) is 52.6 Å². The number of aliphatic hydroxyl groups is 1. The molecule has 1 aromatic heterocycles. The lowest BCUT2D eigenvalue weighted by Crippen LogP contribution is -2.55. The lowest BCUT2D eigenvalue weighted by atomic mass is 9.82. The highest BCUT2D eigenvalue weighted by Gasteiger charge is 2.38. The summed E-state index contributed by atoms with van der Waals surface area (Å²) in [7, 11) is 0. The Morgan fingerprint density at radius 3 is 2.17 bits per heavy atom. The molecule has 412 valence electrons. The highest BCUT2D eigenvalue weighted by Crippen LogP contribution is 2.41. The molecule has 0 spiro atoms. The average Bonchev–Trinajstić information content (AvgIpc) is 3.92. The fourth-order valence-electron chi connectivity index (χ4n) is 9.04. The number of urea groups is 1. The van der Waals surface area contributed by atoms with Gasteiger partial charge in [0.05, 0.1) is 12.1 Å². The Labute approximate surface area is 440 Å². The maximum Gasteiger partial charge on any atom is 0.328 e. The standard InChI is InChI=1S/C53H70F2N10O11/c1-32(2)47(50(73)60-40(12-9-21-59-52(57)75)51(74)76-36-18-23-62(24-19-36)45(70)30-65-43(68)15-16-44(65)69)61-42(67)17-22-58-49(72)39(56)20-25-64(46(71)31-66)48(53(3,4)5)41-26-34(37-27-35(54)13-14-38(37)55)29-63(41)28-33-10-7-6-8-11-33/h6-8,10-11,13-16,26-27,29,32,36,39-40,47-48,66H,9,12,17-25,28,30-31,56H2,1-5H3,(H,58,72)(H,60,73)(H,61,67)(H3,57,59,75)/t39-,40-,47?,48-/m0/s1. The molecule has 2 aliphatic rings. The Hall–Kier alpha value is -7.53. The van der Waals surface area contributed by atoms with Gasteiger partial charge in [0.2, 0.25) is 29.5 Å². The van der Waals surface area contributed by atoms with Gasteiger partial charge in [0.15, 0.2) is 0 Å². The van der Waals surface area contributed by atoms with Crippen LogP contribution in [0.15, 0.2) is 72.9 Å². The Bertz CT molecular complexity index is 2600. The minimum atomic E-state index is -1.22. The molecule has 1 unspecified atom stereocenters. The van der Waals surface area contributed by atoms with E-state index in [-0.39, 0.29) is 76.8 Å². The normalized spacial score (nSPS) is 15.4. The second-order valence-electron chi connectivity index (χ2n) is 20.2. The van der Waals surface area contributed by atoms with Crippen molar-refractivity contribution in [1.29, 1.82) is 0 Å². The second-order valence-corrected chi connectivity index (χ2v) is 20.2. The van der Waals surface area contributed by atoms with Gasteiger partial charge in [-0.1, -0.05) is 65.0 Å². The van der Waals surface area contributed by atoms with Crippen LogP contribution in [-0.2, 0) is 49.6 Å². The van der Waals surface area contributed by atoms with E-state index in [1.807, 2.05) is 55.7 Å². The zero-order chi connectivity index (χ0) is 55.9. The van der Waals surface area contributed by atoms with Gasteiger partial charge in [0.1, 0.15) is 43.0 Å². The third-order valence-electron chi connectivity index (χ3n) is 13.0. The molecule has 3 heterocycles. The monoisotopic (exact) mass is 1060 g/mol. The summed E-state index contributed by atoms with van der Waals surface area (Å²) in [5.74, 6) is -6.81. The number of nitrogens with zero attached hydrogens (tertiary/aromatic N) is 4. The smallest absolute Gasteiger partial charge is 0.328 e. The van der Waals surface area contributed by atoms with Crippen LogP contribution in [0.5, 0.6) is 0 Å². The van der Waals surface area contributed by atoms with Crippen LogP contribution < -0.4 is 32.7 Å². The van der Waals surface area contributed by atoms with Crippen LogP contribution in [0, 0.1) is 23.0 Å². The molecule has 5 rings (SSSR count). The van der Waals surface area contributed by atoms with E-state index < -0.39 is 120 Å². The van der Waals surface area contributed by atoms with Gasteiger partial charge >= 0.3 is 12.0 Å². The number of benzene rings is 2. The molecule has 3 aromatic rings. The number of amides is 9. The third-order valence-corrected chi connectivity index (χ3v) is 13.0. The first-order chi connectivity index (χ1) is 36.0. The summed E-state index contributed by atoms with van der Waals surface area (Å²) in [6, 6.07) is 9.11. The summed E-state index contributed by atoms with van der Waals surface area (Å²) < 4.78 is 37.2. The summed E-state index contributed by atoms with van der Waals surface area (Å²) in [5, 5.41) is 20.6. The number of nitrogens with one attached hydrogen (secondary N) is 4. The first kappa shape index (κ1) is 59.3. The number of primary amides is 1. The van der Waals surface area contributed by atoms with Gasteiger partial charge in [0, 0.05) is 93.7 Å². The fraction of sp³-hybridized carbons (Fsp3) is 0.491. The molecule has 21 nitrogen and oxygen atoms in total. The molecule has 9 amide bonds. The van der Waals surface area contributed by atoms with E-state index in [0.717, 1.165) is 40.8 Å². The van der Waals surface area contributed by atoms with E-state index in [0.29, 0.717) is 17.8 Å². The zero-order valence-corrected chi connectivity index (χ0v) is 43.5. The number of hydrogen-bond donors (Lipinski definition) is 7. The quantitative estimate of drug-likeness (QED) is 0.0365. The number of imide groups is 1. The summed E-state index contributed by atoms with van der Waals surface area (Å²) in [6.07, 6.45) is 3.55. The van der Waals surface area contributed by atoms with E-state index in [1.165, 1.54) is 9.80 Å². The number of halogens is 2. The SMILES string of the molecule is CC(C)C(NC(=O)CCNC(=O)[C@@H](N)CCN(C(=O)CO)[C@@H](c1cc(-c2cc(F)ccc2F)cn1Cc1ccccc1)C(C)(C)C)C(=O)N[C@@H](CCCNC(N)=O)C(=O)OC1CCN(C(=O)CN2C(=O)C=CC2=O)CC1. The number of carbonyl (C=O) groups is 9. The number of hydrogen-bond acceptors (Lipinski definition) is 12. The van der Waals surface area contributed by atoms with Crippen LogP contribution in [0.1, 0.15) is 90.4 Å². The first-order valence-electron chi connectivity index (χ1n) is 25.2. The molecule has 76 heavy (non-hydrogen) atoms. The van der Waals surface area contributed by atoms with Crippen molar-refractivity contribution in [3.63, 3.8) is 0 Å². The predicted molar refractivity (Wildman–Crippen MR) is 274 cm³/mol. The molecule has 0 bridgehead atoms. The van der Waals surface area contributed by atoms with E-state index in [1.54, 1.807) is 26.1 Å². The molecule has 9 N–H and O–H groups in total. The van der Waals surface area contributed by atoms with E-state index >= 15 is 4.39 Å². The van der Waals surface area contributed by atoms with Gasteiger partial charge < -0.3 is 56.9 Å². The lowest BCUT2D eigenvalue weighted by Gasteiger charge is -2.41. The van der Waals surface area contributed by atoms with Gasteiger partial charge in [0.25, 0.3) is 11.8 Å². The first-order valence-corrected chi connectivity index (χ1v) is 25.2. The van der Waals surface area contributed by atoms with Gasteiger partial charge in [-0.25, -0.2) is 18.4 Å². The van der Waals surface area contributed by atoms with Crippen LogP contribution >= 0.6 is 0 Å². The Morgan fingerprint density at radius 2 is 1.55 bits per heavy atom. The lowest BCUT2D eigenvalue weighted by molar-refractivity contribution is -0.157. The number of nitrogens with two attached hydrogens (primary N) is 2. The molecule has 2 aromatic carbocycles. The van der Waals surface area contributed by atoms with Crippen LogP contribution in [0.2, 0.25) is 0 Å². The summed E-state index contributed by atoms with van der Waals surface area (Å²) in [6.45, 7) is 8.14. The van der Waals surface area contributed by atoms with Crippen LogP contribution in [-0.4, -0.2) is 148 Å². The highest BCUT2D eigenvalue weighted by molar-refractivity contribution is 6.14. The van der Waals surface area contributed by atoms with Crippen molar-refractivity contribution < 1.29 is 61.8 Å². The number of esters is 1. The Morgan fingerprint density at radius 1 is 0.882 bits per heavy atom. The van der Waals surface area contributed by atoms with Crippen molar-refractivity contribution in [2.24, 2.45) is 22.8 Å². The molecule has 2 aliphatic heterocycles. The van der Waals surface area contributed by atoms with Gasteiger partial charge in [-0.15, -0.1) is 0 Å². The minimum Gasteiger partial charge on any atom is -0.461 e. The minimum absolute atomic E-state index is 0.0157. The number of aromatic nitrogens is 1. The van der Waals surface area contributed by atoms with Crippen molar-refractivity contribution in [2.45, 2.75) is 110 Å². The maximum atomic E-state index is 15.2. The Balaban J connectivity index is 1.18. The van der Waals surface area contributed by atoms with Crippen LogP contribution in [0.25, 0.3) is 11.1 Å². The molecule has 1 fully saturated rings.